The van der Waals surface area contributed by atoms with Gasteiger partial charge < -0.3 is 10.8 Å². The third-order valence-corrected chi connectivity index (χ3v) is 2.66. The highest BCUT2D eigenvalue weighted by molar-refractivity contribution is 5.91. The summed E-state index contributed by atoms with van der Waals surface area (Å²) in [6.07, 6.45) is 6.14. The van der Waals surface area contributed by atoms with Crippen LogP contribution < -0.4 is 5.73 Å². The summed E-state index contributed by atoms with van der Waals surface area (Å²) in [7, 11) is 0. The molecule has 0 unspecified atom stereocenters. The maximum absolute atomic E-state index is 10.7. The first-order valence-electron chi connectivity index (χ1n) is 4.76. The molecule has 0 radical (unpaired) electrons. The van der Waals surface area contributed by atoms with Gasteiger partial charge in [-0.25, -0.2) is 4.79 Å². The van der Waals surface area contributed by atoms with Gasteiger partial charge >= 0.3 is 5.97 Å². The van der Waals surface area contributed by atoms with Crippen molar-refractivity contribution in [3.8, 4) is 0 Å². The Bertz CT molecular complexity index is 353. The van der Waals surface area contributed by atoms with Crippen LogP contribution in [0.2, 0.25) is 0 Å². The molecule has 1 aromatic heterocycles. The van der Waals surface area contributed by atoms with Crippen molar-refractivity contribution in [2.45, 2.75) is 31.7 Å². The molecule has 1 saturated carbocycles. The molecule has 0 atom stereocenters. The van der Waals surface area contributed by atoms with Gasteiger partial charge in [0.15, 0.2) is 5.69 Å². The summed E-state index contributed by atoms with van der Waals surface area (Å²) in [5.41, 5.74) is 5.77. The number of rotatable bonds is 2. The lowest BCUT2D eigenvalue weighted by atomic mass is 10.3. The highest BCUT2D eigenvalue weighted by Gasteiger charge is 2.21. The lowest BCUT2D eigenvalue weighted by Crippen LogP contribution is -2.07. The molecule has 5 nitrogen and oxygen atoms in total. The number of carboxylic acid groups (broad SMARTS) is 1. The van der Waals surface area contributed by atoms with Crippen LogP contribution in [0.15, 0.2) is 6.20 Å². The number of carbonyl (C=O) groups is 1. The largest absolute Gasteiger partial charge is 0.476 e. The van der Waals surface area contributed by atoms with Crippen LogP contribution in [0.1, 0.15) is 42.2 Å². The molecule has 76 valence electrons. The van der Waals surface area contributed by atoms with E-state index in [0.29, 0.717) is 6.04 Å². The van der Waals surface area contributed by atoms with E-state index in [1.807, 2.05) is 0 Å². The Hall–Kier alpha value is -1.52. The van der Waals surface area contributed by atoms with Crippen LogP contribution in [0.5, 0.6) is 0 Å². The van der Waals surface area contributed by atoms with Gasteiger partial charge in [0.05, 0.1) is 11.7 Å². The highest BCUT2D eigenvalue weighted by atomic mass is 16.4. The van der Waals surface area contributed by atoms with Crippen LogP contribution in [-0.4, -0.2) is 20.9 Å². The Kier molecular flexibility index (Phi) is 2.15. The van der Waals surface area contributed by atoms with Gasteiger partial charge in [0, 0.05) is 6.20 Å². The topological polar surface area (TPSA) is 81.1 Å². The van der Waals surface area contributed by atoms with Gasteiger partial charge in [-0.1, -0.05) is 12.8 Å². The zero-order valence-electron chi connectivity index (χ0n) is 7.81. The molecule has 0 amide bonds. The first-order valence-corrected chi connectivity index (χ1v) is 4.76. The van der Waals surface area contributed by atoms with Gasteiger partial charge in [0.25, 0.3) is 0 Å². The van der Waals surface area contributed by atoms with Crippen LogP contribution in [0.25, 0.3) is 0 Å². The van der Waals surface area contributed by atoms with Gasteiger partial charge in [-0.15, -0.1) is 0 Å². The molecule has 0 saturated heterocycles. The Labute approximate surface area is 81.5 Å². The van der Waals surface area contributed by atoms with E-state index in [4.69, 9.17) is 10.8 Å². The van der Waals surface area contributed by atoms with Crippen molar-refractivity contribution in [3.63, 3.8) is 0 Å². The molecule has 0 bridgehead atoms. The van der Waals surface area contributed by atoms with Crippen molar-refractivity contribution >= 4 is 11.7 Å². The second-order valence-corrected chi connectivity index (χ2v) is 3.66. The normalized spacial score (nSPS) is 17.4. The molecule has 1 fully saturated rings. The second-order valence-electron chi connectivity index (χ2n) is 3.66. The number of nitrogens with zero attached hydrogens (tertiary/aromatic N) is 2. The van der Waals surface area contributed by atoms with E-state index in [1.165, 1.54) is 12.8 Å². The Balaban J connectivity index is 2.27. The fourth-order valence-electron chi connectivity index (χ4n) is 1.93. The van der Waals surface area contributed by atoms with Crippen LogP contribution in [0.3, 0.4) is 0 Å². The predicted octanol–water partition coefficient (Wildman–Crippen LogP) is 1.28. The molecular weight excluding hydrogens is 182 g/mol. The van der Waals surface area contributed by atoms with Crippen molar-refractivity contribution in [2.24, 2.45) is 0 Å². The second kappa shape index (κ2) is 3.32. The number of hydrogen-bond donors (Lipinski definition) is 2. The van der Waals surface area contributed by atoms with E-state index in [2.05, 4.69) is 5.10 Å². The quantitative estimate of drug-likeness (QED) is 0.744. The smallest absolute Gasteiger partial charge is 0.358 e. The van der Waals surface area contributed by atoms with Gasteiger partial charge in [-0.3, -0.25) is 4.68 Å². The number of nitrogens with two attached hydrogens (primary N) is 1. The summed E-state index contributed by atoms with van der Waals surface area (Å²) < 4.78 is 1.70. The molecule has 3 N–H and O–H groups in total. The number of nitrogen functional groups attached to an aromatic ring is 1. The van der Waals surface area contributed by atoms with Crippen LogP contribution in [-0.2, 0) is 0 Å². The molecule has 14 heavy (non-hydrogen) atoms. The SMILES string of the molecule is Nc1cn(C2CCCC2)nc1C(=O)O. The summed E-state index contributed by atoms with van der Waals surface area (Å²) in [6, 6.07) is 0.338. The first-order chi connectivity index (χ1) is 6.68. The fraction of sp³-hybridized carbons (Fsp3) is 0.556. The Morgan fingerprint density at radius 1 is 1.57 bits per heavy atom. The van der Waals surface area contributed by atoms with Crippen LogP contribution in [0, 0.1) is 0 Å². The van der Waals surface area contributed by atoms with E-state index in [9.17, 15) is 4.79 Å². The zero-order chi connectivity index (χ0) is 10.1. The predicted molar refractivity (Wildman–Crippen MR) is 51.1 cm³/mol. The molecule has 1 aromatic rings. The van der Waals surface area contributed by atoms with E-state index >= 15 is 0 Å². The minimum Gasteiger partial charge on any atom is -0.476 e. The minimum absolute atomic E-state index is 0.0306. The lowest BCUT2D eigenvalue weighted by molar-refractivity contribution is 0.0690. The highest BCUT2D eigenvalue weighted by Crippen LogP contribution is 2.29. The molecule has 1 aliphatic rings. The van der Waals surface area contributed by atoms with Crippen molar-refractivity contribution in [3.05, 3.63) is 11.9 Å². The molecule has 0 aliphatic heterocycles. The standard InChI is InChI=1S/C9H13N3O2/c10-7-5-12(6-3-1-2-4-6)11-8(7)9(13)14/h5-6H,1-4,10H2,(H,13,14). The van der Waals surface area contributed by atoms with E-state index < -0.39 is 5.97 Å². The number of anilines is 1. The van der Waals surface area contributed by atoms with Crippen LogP contribution in [0.4, 0.5) is 5.69 Å². The molecular formula is C9H13N3O2. The molecule has 5 heteroatoms. The Morgan fingerprint density at radius 2 is 2.21 bits per heavy atom. The van der Waals surface area contributed by atoms with E-state index in [-0.39, 0.29) is 11.4 Å². The third-order valence-electron chi connectivity index (χ3n) is 2.66. The Morgan fingerprint density at radius 3 is 2.71 bits per heavy atom. The van der Waals surface area contributed by atoms with Crippen molar-refractivity contribution in [2.75, 3.05) is 5.73 Å². The van der Waals surface area contributed by atoms with E-state index in [1.54, 1.807) is 10.9 Å². The molecule has 1 aliphatic carbocycles. The molecule has 0 aromatic carbocycles. The first kappa shape index (κ1) is 9.05. The fourth-order valence-corrected chi connectivity index (χ4v) is 1.93. The maximum atomic E-state index is 10.7. The molecule has 0 spiro atoms. The number of hydrogen-bond acceptors (Lipinski definition) is 3. The summed E-state index contributed by atoms with van der Waals surface area (Å²) in [4.78, 5) is 10.7. The van der Waals surface area contributed by atoms with Crippen molar-refractivity contribution in [1.82, 2.24) is 9.78 Å². The molecule has 1 heterocycles. The monoisotopic (exact) mass is 195 g/mol. The summed E-state index contributed by atoms with van der Waals surface area (Å²) in [5.74, 6) is -1.06. The molecule has 2 rings (SSSR count). The average molecular weight is 195 g/mol. The van der Waals surface area contributed by atoms with Crippen molar-refractivity contribution < 1.29 is 9.90 Å². The maximum Gasteiger partial charge on any atom is 0.358 e. The third kappa shape index (κ3) is 1.45. The number of carboxylic acids is 1. The minimum atomic E-state index is -1.06. The van der Waals surface area contributed by atoms with Crippen LogP contribution >= 0.6 is 0 Å². The summed E-state index contributed by atoms with van der Waals surface area (Å²) in [6.45, 7) is 0. The van der Waals surface area contributed by atoms with E-state index in [0.717, 1.165) is 12.8 Å². The van der Waals surface area contributed by atoms with Crippen molar-refractivity contribution in [1.29, 1.82) is 0 Å². The summed E-state index contributed by atoms with van der Waals surface area (Å²) in [5, 5.41) is 12.7. The van der Waals surface area contributed by atoms with Gasteiger partial charge in [-0.05, 0) is 12.8 Å². The van der Waals surface area contributed by atoms with Gasteiger partial charge in [-0.2, -0.15) is 5.10 Å². The lowest BCUT2D eigenvalue weighted by Gasteiger charge is -2.07. The zero-order valence-corrected chi connectivity index (χ0v) is 7.81. The van der Waals surface area contributed by atoms with Gasteiger partial charge in [0.2, 0.25) is 0 Å². The number of aromatic nitrogens is 2. The summed E-state index contributed by atoms with van der Waals surface area (Å²) >= 11 is 0. The van der Waals surface area contributed by atoms with Gasteiger partial charge in [0.1, 0.15) is 0 Å². The average Bonchev–Trinajstić information content (AvgIpc) is 2.70. The number of aromatic carboxylic acids is 1.